The predicted molar refractivity (Wildman–Crippen MR) is 125 cm³/mol. The fourth-order valence-electron chi connectivity index (χ4n) is 3.96. The van der Waals surface area contributed by atoms with Crippen LogP contribution >= 0.6 is 11.6 Å². The van der Waals surface area contributed by atoms with Crippen molar-refractivity contribution < 1.29 is 26.4 Å². The summed E-state index contributed by atoms with van der Waals surface area (Å²) in [6, 6.07) is 13.9. The van der Waals surface area contributed by atoms with Crippen LogP contribution in [0.15, 0.2) is 65.6 Å². The molecule has 1 amide bonds. The van der Waals surface area contributed by atoms with Gasteiger partial charge in [0.05, 0.1) is 21.2 Å². The number of halogens is 4. The molecular weight excluding hydrogens is 489 g/mol. The molecule has 1 aliphatic rings. The standard InChI is InChI=1S/C24H20ClF3N2O3S/c1-14-3-7-19(8-4-14)34(32,33)30-15(2)11-17-12-16(5-10-22(17)30)23(31)29-18-6-9-21(25)20(13-18)24(26,27)28/h3-10,12-13,15H,11H2,1-2H3,(H,29,31)/t15-/m0/s1. The Balaban J connectivity index is 1.61. The Bertz CT molecular complexity index is 1370. The van der Waals surface area contributed by atoms with Crippen molar-refractivity contribution in [1.29, 1.82) is 0 Å². The SMILES string of the molecule is Cc1ccc(S(=O)(=O)N2c3ccc(C(=O)Nc4ccc(Cl)c(C(F)(F)F)c4)cc3C[C@@H]2C)cc1. The lowest BCUT2D eigenvalue weighted by molar-refractivity contribution is -0.137. The second-order valence-corrected chi connectivity index (χ2v) is 10.4. The summed E-state index contributed by atoms with van der Waals surface area (Å²) in [7, 11) is -3.81. The topological polar surface area (TPSA) is 66.5 Å². The van der Waals surface area contributed by atoms with E-state index >= 15 is 0 Å². The van der Waals surface area contributed by atoms with E-state index in [0.29, 0.717) is 17.7 Å². The number of anilines is 2. The second-order valence-electron chi connectivity index (χ2n) is 8.16. The van der Waals surface area contributed by atoms with Crippen molar-refractivity contribution >= 4 is 38.9 Å². The smallest absolute Gasteiger partial charge is 0.322 e. The third kappa shape index (κ3) is 4.50. The van der Waals surface area contributed by atoms with E-state index in [-0.39, 0.29) is 22.2 Å². The van der Waals surface area contributed by atoms with Crippen molar-refractivity contribution in [2.24, 2.45) is 0 Å². The minimum Gasteiger partial charge on any atom is -0.322 e. The number of benzene rings is 3. The number of alkyl halides is 3. The zero-order valence-electron chi connectivity index (χ0n) is 18.2. The van der Waals surface area contributed by atoms with Gasteiger partial charge in [-0.2, -0.15) is 13.2 Å². The molecule has 0 aromatic heterocycles. The zero-order valence-corrected chi connectivity index (χ0v) is 19.7. The van der Waals surface area contributed by atoms with Crippen LogP contribution in [0.3, 0.4) is 0 Å². The van der Waals surface area contributed by atoms with Crippen molar-refractivity contribution in [3.05, 3.63) is 87.9 Å². The van der Waals surface area contributed by atoms with Crippen molar-refractivity contribution in [2.45, 2.75) is 37.4 Å². The highest BCUT2D eigenvalue weighted by atomic mass is 35.5. The lowest BCUT2D eigenvalue weighted by Crippen LogP contribution is -2.35. The summed E-state index contributed by atoms with van der Waals surface area (Å²) in [5, 5.41) is 1.98. The Labute approximate surface area is 200 Å². The maximum Gasteiger partial charge on any atom is 0.417 e. The molecule has 34 heavy (non-hydrogen) atoms. The summed E-state index contributed by atoms with van der Waals surface area (Å²) in [5.41, 5.74) is 1.15. The van der Waals surface area contributed by atoms with Crippen LogP contribution in [0, 0.1) is 6.92 Å². The molecule has 4 rings (SSSR count). The summed E-state index contributed by atoms with van der Waals surface area (Å²) in [6.45, 7) is 3.64. The summed E-state index contributed by atoms with van der Waals surface area (Å²) in [4.78, 5) is 12.9. The number of amides is 1. The lowest BCUT2D eigenvalue weighted by atomic mass is 10.1. The van der Waals surface area contributed by atoms with Gasteiger partial charge in [0.1, 0.15) is 0 Å². The number of fused-ring (bicyclic) bond motifs is 1. The van der Waals surface area contributed by atoms with E-state index < -0.39 is 32.7 Å². The molecule has 0 saturated carbocycles. The summed E-state index contributed by atoms with van der Waals surface area (Å²) < 4.78 is 67.2. The van der Waals surface area contributed by atoms with Gasteiger partial charge in [-0.05, 0) is 74.4 Å². The summed E-state index contributed by atoms with van der Waals surface area (Å²) in [5.74, 6) is -0.620. The summed E-state index contributed by atoms with van der Waals surface area (Å²) >= 11 is 5.63. The first-order valence-corrected chi connectivity index (χ1v) is 12.1. The molecule has 3 aromatic rings. The number of rotatable bonds is 4. The molecular formula is C24H20ClF3N2O3S. The Morgan fingerprint density at radius 1 is 1.06 bits per heavy atom. The molecule has 178 valence electrons. The zero-order chi connectivity index (χ0) is 24.8. The largest absolute Gasteiger partial charge is 0.417 e. The molecule has 0 aliphatic carbocycles. The monoisotopic (exact) mass is 508 g/mol. The van der Waals surface area contributed by atoms with E-state index in [9.17, 15) is 26.4 Å². The van der Waals surface area contributed by atoms with Crippen LogP contribution in [-0.2, 0) is 22.6 Å². The molecule has 10 heteroatoms. The molecule has 5 nitrogen and oxygen atoms in total. The minimum atomic E-state index is -4.66. The molecule has 0 spiro atoms. The molecule has 1 atom stereocenters. The Kier molecular flexibility index (Phi) is 6.12. The molecule has 0 fully saturated rings. The van der Waals surface area contributed by atoms with Gasteiger partial charge in [-0.3, -0.25) is 9.10 Å². The van der Waals surface area contributed by atoms with Gasteiger partial charge in [0, 0.05) is 17.3 Å². The van der Waals surface area contributed by atoms with E-state index in [1.54, 1.807) is 43.3 Å². The first-order chi connectivity index (χ1) is 15.9. The number of hydrogen-bond acceptors (Lipinski definition) is 3. The van der Waals surface area contributed by atoms with Crippen LogP contribution in [0.25, 0.3) is 0 Å². The highest BCUT2D eigenvalue weighted by Crippen LogP contribution is 2.38. The molecule has 0 radical (unpaired) electrons. The molecule has 0 saturated heterocycles. The maximum absolute atomic E-state index is 13.3. The molecule has 3 aromatic carbocycles. The van der Waals surface area contributed by atoms with Gasteiger partial charge in [0.25, 0.3) is 15.9 Å². The first kappa shape index (κ1) is 24.1. The second kappa shape index (κ2) is 8.63. The van der Waals surface area contributed by atoms with Crippen molar-refractivity contribution in [2.75, 3.05) is 9.62 Å². The van der Waals surface area contributed by atoms with Gasteiger partial charge in [0.15, 0.2) is 0 Å². The molecule has 1 heterocycles. The van der Waals surface area contributed by atoms with Gasteiger partial charge in [-0.15, -0.1) is 0 Å². The van der Waals surface area contributed by atoms with Gasteiger partial charge in [-0.25, -0.2) is 8.42 Å². The number of carbonyl (C=O) groups excluding carboxylic acids is 1. The van der Waals surface area contributed by atoms with Crippen LogP contribution in [0.4, 0.5) is 24.5 Å². The minimum absolute atomic E-state index is 0.0563. The van der Waals surface area contributed by atoms with Crippen LogP contribution in [0.1, 0.15) is 34.0 Å². The summed E-state index contributed by atoms with van der Waals surface area (Å²) in [6.07, 6.45) is -4.27. The highest BCUT2D eigenvalue weighted by Gasteiger charge is 2.37. The van der Waals surface area contributed by atoms with Gasteiger partial charge < -0.3 is 5.32 Å². The predicted octanol–water partition coefficient (Wildman–Crippen LogP) is 6.06. The fraction of sp³-hybridized carbons (Fsp3) is 0.208. The van der Waals surface area contributed by atoms with E-state index in [2.05, 4.69) is 5.32 Å². The Morgan fingerprint density at radius 2 is 1.74 bits per heavy atom. The highest BCUT2D eigenvalue weighted by molar-refractivity contribution is 7.92. The lowest BCUT2D eigenvalue weighted by Gasteiger charge is -2.24. The maximum atomic E-state index is 13.3. The number of nitrogens with one attached hydrogen (secondary N) is 1. The molecule has 0 unspecified atom stereocenters. The van der Waals surface area contributed by atoms with Crippen LogP contribution < -0.4 is 9.62 Å². The Hall–Kier alpha value is -3.04. The van der Waals surface area contributed by atoms with Gasteiger partial charge >= 0.3 is 6.18 Å². The third-order valence-electron chi connectivity index (χ3n) is 5.60. The van der Waals surface area contributed by atoms with E-state index in [1.807, 2.05) is 6.92 Å². The van der Waals surface area contributed by atoms with Crippen LogP contribution in [0.2, 0.25) is 5.02 Å². The van der Waals surface area contributed by atoms with Gasteiger partial charge in [0.2, 0.25) is 0 Å². The van der Waals surface area contributed by atoms with Crippen LogP contribution in [-0.4, -0.2) is 20.4 Å². The van der Waals surface area contributed by atoms with E-state index in [0.717, 1.165) is 17.7 Å². The molecule has 1 aliphatic heterocycles. The van der Waals surface area contributed by atoms with Crippen molar-refractivity contribution in [1.82, 2.24) is 0 Å². The van der Waals surface area contributed by atoms with E-state index in [4.69, 9.17) is 11.6 Å². The van der Waals surface area contributed by atoms with Gasteiger partial charge in [-0.1, -0.05) is 29.3 Å². The number of hydrogen-bond donors (Lipinski definition) is 1. The molecule has 0 bridgehead atoms. The number of aryl methyl sites for hydroxylation is 1. The van der Waals surface area contributed by atoms with E-state index in [1.165, 1.54) is 16.4 Å². The number of carbonyl (C=O) groups is 1. The number of sulfonamides is 1. The van der Waals surface area contributed by atoms with Crippen molar-refractivity contribution in [3.63, 3.8) is 0 Å². The Morgan fingerprint density at radius 3 is 2.38 bits per heavy atom. The van der Waals surface area contributed by atoms with Crippen LogP contribution in [0.5, 0.6) is 0 Å². The number of nitrogens with zero attached hydrogens (tertiary/aromatic N) is 1. The molecule has 1 N–H and O–H groups in total. The first-order valence-electron chi connectivity index (χ1n) is 10.3. The average molecular weight is 509 g/mol. The third-order valence-corrected chi connectivity index (χ3v) is 7.87. The normalized spacial score (nSPS) is 15.8. The quantitative estimate of drug-likeness (QED) is 0.466. The van der Waals surface area contributed by atoms with Crippen molar-refractivity contribution in [3.8, 4) is 0 Å². The fourth-order valence-corrected chi connectivity index (χ4v) is 5.87. The average Bonchev–Trinajstić information content (AvgIpc) is 3.10.